The molecule has 1 aromatic carbocycles. The number of thiazole rings is 1. The van der Waals surface area contributed by atoms with Crippen LogP contribution in [0.3, 0.4) is 0 Å². The van der Waals surface area contributed by atoms with Crippen molar-refractivity contribution >= 4 is 27.3 Å². The molecular weight excluding hydrogens is 300 g/mol. The lowest BCUT2D eigenvalue weighted by molar-refractivity contribution is -0.139. The van der Waals surface area contributed by atoms with Crippen molar-refractivity contribution in [2.24, 2.45) is 0 Å². The number of aryl methyl sites for hydroxylation is 1. The zero-order chi connectivity index (χ0) is 14.8. The van der Waals surface area contributed by atoms with E-state index in [1.54, 1.807) is 37.3 Å². The van der Waals surface area contributed by atoms with Crippen molar-refractivity contribution < 1.29 is 18.3 Å². The van der Waals surface area contributed by atoms with Crippen molar-refractivity contribution in [1.82, 2.24) is 9.71 Å². The summed E-state index contributed by atoms with van der Waals surface area (Å²) in [5.74, 6) is -1.26. The van der Waals surface area contributed by atoms with Crippen LogP contribution in [0, 0.1) is 6.92 Å². The fourth-order valence-corrected chi connectivity index (χ4v) is 3.89. The number of aromatic nitrogens is 1. The number of sulfonamides is 1. The molecule has 0 aliphatic rings. The quantitative estimate of drug-likeness (QED) is 0.873. The summed E-state index contributed by atoms with van der Waals surface area (Å²) in [6, 6.07) is 6.80. The first-order valence-electron chi connectivity index (χ1n) is 5.62. The van der Waals surface area contributed by atoms with Crippen LogP contribution in [-0.4, -0.2) is 24.5 Å². The first-order valence-corrected chi connectivity index (χ1v) is 7.92. The average molecular weight is 312 g/mol. The van der Waals surface area contributed by atoms with Gasteiger partial charge in [-0.1, -0.05) is 30.3 Å². The van der Waals surface area contributed by atoms with Crippen LogP contribution in [0.2, 0.25) is 0 Å². The van der Waals surface area contributed by atoms with Crippen molar-refractivity contribution in [2.75, 3.05) is 0 Å². The summed E-state index contributed by atoms with van der Waals surface area (Å²) in [6.45, 7) is 1.68. The van der Waals surface area contributed by atoms with Crippen LogP contribution in [0.1, 0.15) is 16.6 Å². The standard InChI is InChI=1S/C12H12N2O4S2/c1-8-13-7-10(19-8)20(17,18)14-11(12(15)16)9-5-3-2-4-6-9/h2-7,11,14H,1H3,(H,15,16)/t11-/m1/s1. The molecule has 8 heteroatoms. The maximum Gasteiger partial charge on any atom is 0.326 e. The molecule has 0 bridgehead atoms. The van der Waals surface area contributed by atoms with Crippen LogP contribution in [-0.2, 0) is 14.8 Å². The minimum atomic E-state index is -3.91. The Morgan fingerprint density at radius 3 is 2.50 bits per heavy atom. The number of carbonyl (C=O) groups is 1. The van der Waals surface area contributed by atoms with Gasteiger partial charge in [0.25, 0.3) is 10.0 Å². The highest BCUT2D eigenvalue weighted by molar-refractivity contribution is 7.91. The van der Waals surface area contributed by atoms with Gasteiger partial charge < -0.3 is 5.11 Å². The lowest BCUT2D eigenvalue weighted by atomic mass is 10.1. The second-order valence-corrected chi connectivity index (χ2v) is 7.18. The van der Waals surface area contributed by atoms with Crippen LogP contribution in [0.25, 0.3) is 0 Å². The van der Waals surface area contributed by atoms with Gasteiger partial charge in [-0.15, -0.1) is 11.3 Å². The molecule has 0 saturated heterocycles. The molecule has 1 heterocycles. The van der Waals surface area contributed by atoms with Gasteiger partial charge in [0.15, 0.2) is 4.21 Å². The molecule has 0 unspecified atom stereocenters. The minimum absolute atomic E-state index is 0.00261. The molecular formula is C12H12N2O4S2. The summed E-state index contributed by atoms with van der Waals surface area (Å²) in [7, 11) is -3.91. The Kier molecular flexibility index (Phi) is 4.17. The van der Waals surface area contributed by atoms with Gasteiger partial charge in [0.1, 0.15) is 6.04 Å². The van der Waals surface area contributed by atoms with Gasteiger partial charge >= 0.3 is 5.97 Å². The number of nitrogens with one attached hydrogen (secondary N) is 1. The van der Waals surface area contributed by atoms with E-state index in [4.69, 9.17) is 0 Å². The van der Waals surface area contributed by atoms with E-state index in [9.17, 15) is 18.3 Å². The van der Waals surface area contributed by atoms with E-state index >= 15 is 0 Å². The second kappa shape index (κ2) is 5.70. The Balaban J connectivity index is 2.32. The molecule has 0 amide bonds. The first-order chi connectivity index (χ1) is 9.40. The van der Waals surface area contributed by atoms with E-state index in [0.717, 1.165) is 11.3 Å². The van der Waals surface area contributed by atoms with Gasteiger partial charge in [-0.3, -0.25) is 4.79 Å². The molecule has 1 aromatic heterocycles. The predicted molar refractivity (Wildman–Crippen MR) is 74.0 cm³/mol. The normalized spacial score (nSPS) is 13.1. The Labute approximate surface area is 120 Å². The third kappa shape index (κ3) is 3.21. The number of hydrogen-bond acceptors (Lipinski definition) is 5. The van der Waals surface area contributed by atoms with Gasteiger partial charge in [0.2, 0.25) is 0 Å². The van der Waals surface area contributed by atoms with Crippen molar-refractivity contribution in [1.29, 1.82) is 0 Å². The molecule has 2 N–H and O–H groups in total. The number of carboxylic acids is 1. The lowest BCUT2D eigenvalue weighted by Crippen LogP contribution is -2.33. The van der Waals surface area contributed by atoms with Crippen LogP contribution in [0.5, 0.6) is 0 Å². The third-order valence-corrected chi connectivity index (χ3v) is 5.31. The molecule has 0 radical (unpaired) electrons. The van der Waals surface area contributed by atoms with Crippen molar-refractivity contribution in [3.05, 3.63) is 47.1 Å². The summed E-state index contributed by atoms with van der Waals surface area (Å²) < 4.78 is 26.4. The topological polar surface area (TPSA) is 96.4 Å². The van der Waals surface area contributed by atoms with Crippen molar-refractivity contribution in [2.45, 2.75) is 17.2 Å². The van der Waals surface area contributed by atoms with Gasteiger partial charge in [-0.2, -0.15) is 4.72 Å². The van der Waals surface area contributed by atoms with Crippen molar-refractivity contribution in [3.63, 3.8) is 0 Å². The Morgan fingerprint density at radius 2 is 2.00 bits per heavy atom. The maximum atomic E-state index is 12.1. The van der Waals surface area contributed by atoms with Gasteiger partial charge in [0, 0.05) is 0 Å². The fourth-order valence-electron chi connectivity index (χ4n) is 1.59. The zero-order valence-electron chi connectivity index (χ0n) is 10.5. The number of rotatable bonds is 5. The van der Waals surface area contributed by atoms with Crippen LogP contribution >= 0.6 is 11.3 Å². The molecule has 0 aliphatic carbocycles. The summed E-state index contributed by atoms with van der Waals surface area (Å²) in [6.07, 6.45) is 1.21. The SMILES string of the molecule is Cc1ncc(S(=O)(=O)N[C@@H](C(=O)O)c2ccccc2)s1. The maximum absolute atomic E-state index is 12.1. The highest BCUT2D eigenvalue weighted by atomic mass is 32.2. The number of aliphatic carboxylic acids is 1. The van der Waals surface area contributed by atoms with E-state index in [0.29, 0.717) is 10.6 Å². The molecule has 0 spiro atoms. The molecule has 1 atom stereocenters. The van der Waals surface area contributed by atoms with E-state index in [2.05, 4.69) is 9.71 Å². The number of hydrogen-bond donors (Lipinski definition) is 2. The van der Waals surface area contributed by atoms with Crippen LogP contribution in [0.15, 0.2) is 40.7 Å². The molecule has 2 aromatic rings. The summed E-state index contributed by atoms with van der Waals surface area (Å²) in [5, 5.41) is 9.80. The Hall–Kier alpha value is -1.77. The molecule has 6 nitrogen and oxygen atoms in total. The monoisotopic (exact) mass is 312 g/mol. The molecule has 106 valence electrons. The lowest BCUT2D eigenvalue weighted by Gasteiger charge is -2.14. The number of nitrogens with zero attached hydrogens (tertiary/aromatic N) is 1. The zero-order valence-corrected chi connectivity index (χ0v) is 12.1. The first kappa shape index (κ1) is 14.6. The molecule has 0 aliphatic heterocycles. The Bertz CT molecular complexity index is 710. The molecule has 2 rings (SSSR count). The van der Waals surface area contributed by atoms with Gasteiger partial charge in [0.05, 0.1) is 11.2 Å². The highest BCUT2D eigenvalue weighted by Crippen LogP contribution is 2.21. The smallest absolute Gasteiger partial charge is 0.326 e. The molecule has 0 saturated carbocycles. The largest absolute Gasteiger partial charge is 0.480 e. The van der Waals surface area contributed by atoms with E-state index < -0.39 is 22.0 Å². The third-order valence-electron chi connectivity index (χ3n) is 2.52. The van der Waals surface area contributed by atoms with E-state index in [1.807, 2.05) is 0 Å². The predicted octanol–water partition coefficient (Wildman–Crippen LogP) is 1.56. The fraction of sp³-hybridized carbons (Fsp3) is 0.167. The number of carboxylic acid groups (broad SMARTS) is 1. The van der Waals surface area contributed by atoms with E-state index in [-0.39, 0.29) is 4.21 Å². The number of benzene rings is 1. The Morgan fingerprint density at radius 1 is 1.35 bits per heavy atom. The van der Waals surface area contributed by atoms with Crippen LogP contribution < -0.4 is 4.72 Å². The minimum Gasteiger partial charge on any atom is -0.480 e. The summed E-state index contributed by atoms with van der Waals surface area (Å²) in [5.41, 5.74) is 0.366. The summed E-state index contributed by atoms with van der Waals surface area (Å²) >= 11 is 0.989. The summed E-state index contributed by atoms with van der Waals surface area (Å²) in [4.78, 5) is 15.1. The van der Waals surface area contributed by atoms with Gasteiger partial charge in [-0.25, -0.2) is 13.4 Å². The van der Waals surface area contributed by atoms with Crippen molar-refractivity contribution in [3.8, 4) is 0 Å². The second-order valence-electron chi connectivity index (χ2n) is 4.00. The molecule has 20 heavy (non-hydrogen) atoms. The highest BCUT2D eigenvalue weighted by Gasteiger charge is 2.27. The average Bonchev–Trinajstić information content (AvgIpc) is 2.84. The molecule has 0 fully saturated rings. The van der Waals surface area contributed by atoms with Crippen LogP contribution in [0.4, 0.5) is 0 Å². The van der Waals surface area contributed by atoms with Gasteiger partial charge in [-0.05, 0) is 12.5 Å². The van der Waals surface area contributed by atoms with E-state index in [1.165, 1.54) is 6.20 Å².